The smallest absolute Gasteiger partial charge is 0.220 e. The van der Waals surface area contributed by atoms with Gasteiger partial charge in [-0.25, -0.2) is 0 Å². The van der Waals surface area contributed by atoms with Crippen LogP contribution in [-0.4, -0.2) is 17.7 Å². The first-order chi connectivity index (χ1) is 8.22. The molecule has 0 saturated carbocycles. The van der Waals surface area contributed by atoms with Crippen LogP contribution >= 0.6 is 0 Å². The molecule has 0 aromatic carbocycles. The molecule has 0 aliphatic rings. The lowest BCUT2D eigenvalue weighted by Gasteiger charge is -2.21. The molecule has 1 N–H and O–H groups in total. The minimum atomic E-state index is -0.307. The third kappa shape index (κ3) is 8.26. The van der Waals surface area contributed by atoms with Gasteiger partial charge in [0.1, 0.15) is 0 Å². The summed E-state index contributed by atoms with van der Waals surface area (Å²) in [5, 5.41) is 2.90. The highest BCUT2D eigenvalue weighted by atomic mass is 16.2. The van der Waals surface area contributed by atoms with E-state index in [1.165, 1.54) is 0 Å². The van der Waals surface area contributed by atoms with E-state index in [0.717, 1.165) is 6.42 Å². The number of hydrogen-bond donors (Lipinski definition) is 1. The van der Waals surface area contributed by atoms with E-state index in [1.807, 2.05) is 27.7 Å². The summed E-state index contributed by atoms with van der Waals surface area (Å²) in [5.74, 6) is 1.23. The topological polar surface area (TPSA) is 46.2 Å². The van der Waals surface area contributed by atoms with Crippen molar-refractivity contribution in [3.05, 3.63) is 0 Å². The number of carbonyl (C=O) groups is 2. The predicted octanol–water partition coefficient (Wildman–Crippen LogP) is 3.18. The Bertz CT molecular complexity index is 270. The molecule has 0 aliphatic heterocycles. The summed E-state index contributed by atoms with van der Waals surface area (Å²) in [4.78, 5) is 23.9. The number of carbonyl (C=O) groups excluding carboxylic acids is 2. The maximum absolute atomic E-state index is 12.1. The van der Waals surface area contributed by atoms with Crippen molar-refractivity contribution < 1.29 is 9.59 Å². The van der Waals surface area contributed by atoms with Crippen LogP contribution in [0.25, 0.3) is 0 Å². The molecule has 0 heterocycles. The third-order valence-corrected chi connectivity index (χ3v) is 2.63. The summed E-state index contributed by atoms with van der Waals surface area (Å²) in [7, 11) is 0. The highest BCUT2D eigenvalue weighted by Gasteiger charge is 2.22. The Morgan fingerprint density at radius 3 is 1.72 bits per heavy atom. The normalized spacial score (nSPS) is 13.2. The van der Waals surface area contributed by atoms with E-state index in [0.29, 0.717) is 30.6 Å². The van der Waals surface area contributed by atoms with Crippen LogP contribution in [0.1, 0.15) is 60.8 Å². The number of amides is 1. The van der Waals surface area contributed by atoms with Crippen molar-refractivity contribution in [2.45, 2.75) is 66.8 Å². The lowest BCUT2D eigenvalue weighted by atomic mass is 9.94. The number of nitrogens with one attached hydrogen (secondary N) is 1. The van der Waals surface area contributed by atoms with E-state index in [1.54, 1.807) is 0 Å². The monoisotopic (exact) mass is 255 g/mol. The molecule has 18 heavy (non-hydrogen) atoms. The summed E-state index contributed by atoms with van der Waals surface area (Å²) in [6.45, 7) is 12.2. The SMILES string of the molecule is CC(C)CC(=O)NC(CC(C)C)C(=O)CC(C)C. The van der Waals surface area contributed by atoms with Gasteiger partial charge in [-0.05, 0) is 24.2 Å². The van der Waals surface area contributed by atoms with Gasteiger partial charge in [0.05, 0.1) is 6.04 Å². The van der Waals surface area contributed by atoms with Crippen molar-refractivity contribution in [2.75, 3.05) is 0 Å². The molecular formula is C15H29NO2. The van der Waals surface area contributed by atoms with Gasteiger partial charge in [0.2, 0.25) is 5.91 Å². The minimum absolute atomic E-state index is 0.00671. The Kier molecular flexibility index (Phi) is 7.88. The van der Waals surface area contributed by atoms with Crippen molar-refractivity contribution in [2.24, 2.45) is 17.8 Å². The Balaban J connectivity index is 4.48. The van der Waals surface area contributed by atoms with Gasteiger partial charge in [0, 0.05) is 12.8 Å². The zero-order valence-electron chi connectivity index (χ0n) is 12.7. The third-order valence-electron chi connectivity index (χ3n) is 2.63. The van der Waals surface area contributed by atoms with Crippen molar-refractivity contribution in [3.8, 4) is 0 Å². The molecule has 1 atom stereocenters. The maximum atomic E-state index is 12.1. The summed E-state index contributed by atoms with van der Waals surface area (Å²) in [5.41, 5.74) is 0. The first kappa shape index (κ1) is 17.1. The maximum Gasteiger partial charge on any atom is 0.220 e. The van der Waals surface area contributed by atoms with Gasteiger partial charge in [0.15, 0.2) is 5.78 Å². The van der Waals surface area contributed by atoms with E-state index < -0.39 is 0 Å². The number of ketones is 1. The van der Waals surface area contributed by atoms with Crippen LogP contribution in [0.3, 0.4) is 0 Å². The Morgan fingerprint density at radius 1 is 0.833 bits per heavy atom. The fourth-order valence-electron chi connectivity index (χ4n) is 1.91. The Labute approximate surface area is 112 Å². The second-order valence-corrected chi connectivity index (χ2v) is 6.41. The molecular weight excluding hydrogens is 226 g/mol. The Morgan fingerprint density at radius 2 is 1.33 bits per heavy atom. The van der Waals surface area contributed by atoms with E-state index in [-0.39, 0.29) is 17.7 Å². The molecule has 1 unspecified atom stereocenters. The van der Waals surface area contributed by atoms with E-state index in [4.69, 9.17) is 0 Å². The highest BCUT2D eigenvalue weighted by molar-refractivity contribution is 5.89. The number of rotatable bonds is 8. The molecule has 3 nitrogen and oxygen atoms in total. The van der Waals surface area contributed by atoms with Crippen molar-refractivity contribution in [3.63, 3.8) is 0 Å². The lowest BCUT2D eigenvalue weighted by Crippen LogP contribution is -2.42. The standard InChI is InChI=1S/C15H29NO2/c1-10(2)7-13(14(17)8-11(3)4)16-15(18)9-12(5)6/h10-13H,7-9H2,1-6H3,(H,16,18). The highest BCUT2D eigenvalue weighted by Crippen LogP contribution is 2.11. The molecule has 0 radical (unpaired) electrons. The van der Waals surface area contributed by atoms with Gasteiger partial charge >= 0.3 is 0 Å². The summed E-state index contributed by atoms with van der Waals surface area (Å²) < 4.78 is 0. The Hall–Kier alpha value is -0.860. The second-order valence-electron chi connectivity index (χ2n) is 6.41. The van der Waals surface area contributed by atoms with Crippen LogP contribution < -0.4 is 5.32 Å². The minimum Gasteiger partial charge on any atom is -0.346 e. The molecule has 106 valence electrons. The second kappa shape index (κ2) is 8.28. The molecule has 1 amide bonds. The van der Waals surface area contributed by atoms with E-state index >= 15 is 0 Å². The molecule has 0 saturated heterocycles. The molecule has 0 rings (SSSR count). The van der Waals surface area contributed by atoms with Crippen LogP contribution in [0.5, 0.6) is 0 Å². The molecule has 0 bridgehead atoms. The zero-order chi connectivity index (χ0) is 14.3. The quantitative estimate of drug-likeness (QED) is 0.724. The van der Waals surface area contributed by atoms with Gasteiger partial charge in [0.25, 0.3) is 0 Å². The average molecular weight is 255 g/mol. The first-order valence-electron chi connectivity index (χ1n) is 7.04. The number of Topliss-reactive ketones (excluding diaryl/α,β-unsaturated/α-hetero) is 1. The summed E-state index contributed by atoms with van der Waals surface area (Å²) in [6.07, 6.45) is 1.76. The summed E-state index contributed by atoms with van der Waals surface area (Å²) in [6, 6.07) is -0.307. The molecule has 0 aromatic rings. The van der Waals surface area contributed by atoms with Gasteiger partial charge in [-0.15, -0.1) is 0 Å². The molecule has 0 aromatic heterocycles. The first-order valence-corrected chi connectivity index (χ1v) is 7.04. The van der Waals surface area contributed by atoms with Crippen LogP contribution in [0.4, 0.5) is 0 Å². The number of hydrogen-bond acceptors (Lipinski definition) is 2. The lowest BCUT2D eigenvalue weighted by molar-refractivity contribution is -0.129. The zero-order valence-corrected chi connectivity index (χ0v) is 12.7. The van der Waals surface area contributed by atoms with Crippen LogP contribution in [0.15, 0.2) is 0 Å². The van der Waals surface area contributed by atoms with Crippen LogP contribution in [-0.2, 0) is 9.59 Å². The summed E-state index contributed by atoms with van der Waals surface area (Å²) >= 11 is 0. The molecule has 3 heteroatoms. The average Bonchev–Trinajstić information content (AvgIpc) is 2.13. The molecule has 0 spiro atoms. The molecule has 0 fully saturated rings. The largest absolute Gasteiger partial charge is 0.346 e. The van der Waals surface area contributed by atoms with Crippen molar-refractivity contribution in [1.29, 1.82) is 0 Å². The van der Waals surface area contributed by atoms with Gasteiger partial charge in [-0.2, -0.15) is 0 Å². The van der Waals surface area contributed by atoms with E-state index in [9.17, 15) is 9.59 Å². The van der Waals surface area contributed by atoms with Crippen molar-refractivity contribution >= 4 is 11.7 Å². The van der Waals surface area contributed by atoms with Gasteiger partial charge in [-0.3, -0.25) is 9.59 Å². The molecule has 0 aliphatic carbocycles. The predicted molar refractivity (Wildman–Crippen MR) is 75.3 cm³/mol. The van der Waals surface area contributed by atoms with Crippen LogP contribution in [0, 0.1) is 17.8 Å². The van der Waals surface area contributed by atoms with Crippen LogP contribution in [0.2, 0.25) is 0 Å². The van der Waals surface area contributed by atoms with E-state index in [2.05, 4.69) is 19.2 Å². The fourth-order valence-corrected chi connectivity index (χ4v) is 1.91. The van der Waals surface area contributed by atoms with Gasteiger partial charge in [-0.1, -0.05) is 41.5 Å². The fraction of sp³-hybridized carbons (Fsp3) is 0.867. The van der Waals surface area contributed by atoms with Gasteiger partial charge < -0.3 is 5.32 Å². The van der Waals surface area contributed by atoms with Crippen molar-refractivity contribution in [1.82, 2.24) is 5.32 Å².